The van der Waals surface area contributed by atoms with Gasteiger partial charge in [-0.25, -0.2) is 4.79 Å². The number of hydrogen-bond acceptors (Lipinski definition) is 4. The number of nitrogens with zero attached hydrogens (tertiary/aromatic N) is 1. The molecule has 0 unspecified atom stereocenters. The van der Waals surface area contributed by atoms with E-state index in [2.05, 4.69) is 9.99 Å². The highest BCUT2D eigenvalue weighted by atomic mass is 35.5. The van der Waals surface area contributed by atoms with Gasteiger partial charge in [-0.2, -0.15) is 0 Å². The van der Waals surface area contributed by atoms with E-state index in [9.17, 15) is 4.79 Å². The van der Waals surface area contributed by atoms with Gasteiger partial charge in [-0.15, -0.1) is 11.6 Å². The van der Waals surface area contributed by atoms with Crippen molar-refractivity contribution in [1.29, 1.82) is 0 Å². The molecule has 0 amide bonds. The standard InChI is InChI=1S/C18H14ClNO3/c19-11-17-16(18(21)23-20-17)10-13-6-8-15(9-7-13)22-12-14-4-2-1-3-5-14/h1-10H,11-12H2. The Bertz CT molecular complexity index is 752. The third kappa shape index (κ3) is 3.79. The maximum Gasteiger partial charge on any atom is 0.367 e. The minimum absolute atomic E-state index is 0.135. The second-order valence-electron chi connectivity index (χ2n) is 4.95. The van der Waals surface area contributed by atoms with Gasteiger partial charge < -0.3 is 9.57 Å². The van der Waals surface area contributed by atoms with Crippen molar-refractivity contribution in [3.05, 3.63) is 71.3 Å². The SMILES string of the molecule is O=C1ON=C(CCl)C1=Cc1ccc(OCc2ccccc2)cc1. The average Bonchev–Trinajstić information content (AvgIpc) is 2.95. The van der Waals surface area contributed by atoms with Crippen LogP contribution in [-0.4, -0.2) is 17.6 Å². The highest BCUT2D eigenvalue weighted by Crippen LogP contribution is 2.19. The molecule has 23 heavy (non-hydrogen) atoms. The lowest BCUT2D eigenvalue weighted by molar-refractivity contribution is -0.136. The highest BCUT2D eigenvalue weighted by molar-refractivity contribution is 6.38. The molecule has 0 N–H and O–H groups in total. The van der Waals surface area contributed by atoms with E-state index in [-0.39, 0.29) is 5.88 Å². The molecule has 1 aliphatic heterocycles. The predicted octanol–water partition coefficient (Wildman–Crippen LogP) is 3.80. The van der Waals surface area contributed by atoms with Crippen molar-refractivity contribution in [2.24, 2.45) is 5.16 Å². The summed E-state index contributed by atoms with van der Waals surface area (Å²) in [5, 5.41) is 3.64. The van der Waals surface area contributed by atoms with Gasteiger partial charge in [0.05, 0.1) is 11.5 Å². The smallest absolute Gasteiger partial charge is 0.367 e. The topological polar surface area (TPSA) is 47.9 Å². The van der Waals surface area contributed by atoms with E-state index in [1.165, 1.54) is 0 Å². The largest absolute Gasteiger partial charge is 0.489 e. The number of oxime groups is 1. The Morgan fingerprint density at radius 2 is 1.83 bits per heavy atom. The second kappa shape index (κ2) is 7.11. The molecule has 0 radical (unpaired) electrons. The van der Waals surface area contributed by atoms with Crippen molar-refractivity contribution in [3.63, 3.8) is 0 Å². The van der Waals surface area contributed by atoms with Gasteiger partial charge in [0.2, 0.25) is 0 Å². The summed E-state index contributed by atoms with van der Waals surface area (Å²) in [5.74, 6) is 0.414. The van der Waals surface area contributed by atoms with Crippen LogP contribution in [0.15, 0.2) is 65.3 Å². The fraction of sp³-hybridized carbons (Fsp3) is 0.111. The summed E-state index contributed by atoms with van der Waals surface area (Å²) in [7, 11) is 0. The summed E-state index contributed by atoms with van der Waals surface area (Å²) < 4.78 is 5.72. The van der Waals surface area contributed by atoms with E-state index in [4.69, 9.17) is 16.3 Å². The molecule has 3 rings (SSSR count). The van der Waals surface area contributed by atoms with Crippen molar-refractivity contribution in [2.75, 3.05) is 5.88 Å². The molecule has 2 aromatic carbocycles. The molecule has 5 heteroatoms. The second-order valence-corrected chi connectivity index (χ2v) is 5.22. The maximum atomic E-state index is 11.6. The fourth-order valence-corrected chi connectivity index (χ4v) is 2.31. The minimum Gasteiger partial charge on any atom is -0.489 e. The van der Waals surface area contributed by atoms with Crippen LogP contribution in [-0.2, 0) is 16.2 Å². The Kier molecular flexibility index (Phi) is 4.74. The normalized spacial score (nSPS) is 15.4. The summed E-state index contributed by atoms with van der Waals surface area (Å²) in [5.41, 5.74) is 2.79. The van der Waals surface area contributed by atoms with Crippen LogP contribution in [0.1, 0.15) is 11.1 Å². The number of alkyl halides is 1. The van der Waals surface area contributed by atoms with E-state index in [1.807, 2.05) is 54.6 Å². The molecule has 1 heterocycles. The molecule has 0 aromatic heterocycles. The van der Waals surface area contributed by atoms with Crippen LogP contribution in [0.3, 0.4) is 0 Å². The third-order valence-electron chi connectivity index (χ3n) is 3.34. The van der Waals surface area contributed by atoms with E-state index >= 15 is 0 Å². The molecule has 0 bridgehead atoms. The zero-order valence-corrected chi connectivity index (χ0v) is 13.0. The number of halogens is 1. The lowest BCUT2D eigenvalue weighted by Crippen LogP contribution is -2.06. The van der Waals surface area contributed by atoms with E-state index in [0.29, 0.717) is 17.9 Å². The van der Waals surface area contributed by atoms with Gasteiger partial charge in [0.15, 0.2) is 0 Å². The van der Waals surface area contributed by atoms with Gasteiger partial charge in [0.25, 0.3) is 0 Å². The molecule has 0 atom stereocenters. The summed E-state index contributed by atoms with van der Waals surface area (Å²) in [4.78, 5) is 16.2. The van der Waals surface area contributed by atoms with Gasteiger partial charge >= 0.3 is 5.97 Å². The van der Waals surface area contributed by atoms with Crippen LogP contribution in [0.5, 0.6) is 5.75 Å². The minimum atomic E-state index is -0.481. The molecule has 1 aliphatic rings. The molecular formula is C18H14ClNO3. The summed E-state index contributed by atoms with van der Waals surface area (Å²) >= 11 is 5.73. The van der Waals surface area contributed by atoms with Gasteiger partial charge in [-0.1, -0.05) is 47.6 Å². The predicted molar refractivity (Wildman–Crippen MR) is 89.4 cm³/mol. The summed E-state index contributed by atoms with van der Waals surface area (Å²) in [6.07, 6.45) is 1.71. The van der Waals surface area contributed by atoms with Crippen LogP contribution in [0.25, 0.3) is 6.08 Å². The summed E-state index contributed by atoms with van der Waals surface area (Å²) in [6.45, 7) is 0.511. The molecular weight excluding hydrogens is 314 g/mol. The van der Waals surface area contributed by atoms with Crippen molar-refractivity contribution in [1.82, 2.24) is 0 Å². The molecule has 116 valence electrons. The first-order valence-corrected chi connectivity index (χ1v) is 7.63. The first-order chi connectivity index (χ1) is 11.3. The molecule has 0 aliphatic carbocycles. The van der Waals surface area contributed by atoms with Crippen LogP contribution in [0.4, 0.5) is 0 Å². The Morgan fingerprint density at radius 1 is 1.09 bits per heavy atom. The van der Waals surface area contributed by atoms with E-state index < -0.39 is 5.97 Å². The highest BCUT2D eigenvalue weighted by Gasteiger charge is 2.24. The molecule has 0 saturated carbocycles. The first-order valence-electron chi connectivity index (χ1n) is 7.09. The van der Waals surface area contributed by atoms with Gasteiger partial charge in [-0.05, 0) is 29.3 Å². The Hall–Kier alpha value is -2.59. The van der Waals surface area contributed by atoms with E-state index in [0.717, 1.165) is 16.9 Å². The quantitative estimate of drug-likeness (QED) is 0.477. The molecule has 0 saturated heterocycles. The fourth-order valence-electron chi connectivity index (χ4n) is 2.12. The van der Waals surface area contributed by atoms with Crippen LogP contribution >= 0.6 is 11.6 Å². The molecule has 0 spiro atoms. The molecule has 0 fully saturated rings. The average molecular weight is 328 g/mol. The van der Waals surface area contributed by atoms with Gasteiger partial charge in [0, 0.05) is 0 Å². The van der Waals surface area contributed by atoms with E-state index in [1.54, 1.807) is 6.08 Å². The zero-order chi connectivity index (χ0) is 16.1. The zero-order valence-electron chi connectivity index (χ0n) is 12.2. The Labute approximate surface area is 139 Å². The number of carbonyl (C=O) groups is 1. The lowest BCUT2D eigenvalue weighted by atomic mass is 10.1. The number of hydrogen-bond donors (Lipinski definition) is 0. The van der Waals surface area contributed by atoms with Crippen molar-refractivity contribution >= 4 is 29.4 Å². The van der Waals surface area contributed by atoms with Crippen LogP contribution < -0.4 is 4.74 Å². The monoisotopic (exact) mass is 327 g/mol. The maximum absolute atomic E-state index is 11.6. The molecule has 4 nitrogen and oxygen atoms in total. The number of ether oxygens (including phenoxy) is 1. The van der Waals surface area contributed by atoms with Crippen LogP contribution in [0.2, 0.25) is 0 Å². The van der Waals surface area contributed by atoms with Crippen molar-refractivity contribution in [2.45, 2.75) is 6.61 Å². The Balaban J connectivity index is 1.68. The summed E-state index contributed by atoms with van der Waals surface area (Å²) in [6, 6.07) is 17.4. The van der Waals surface area contributed by atoms with Gasteiger partial charge in [-0.3, -0.25) is 0 Å². The van der Waals surface area contributed by atoms with Crippen molar-refractivity contribution in [3.8, 4) is 5.75 Å². The third-order valence-corrected chi connectivity index (χ3v) is 3.59. The lowest BCUT2D eigenvalue weighted by Gasteiger charge is -2.06. The Morgan fingerprint density at radius 3 is 2.52 bits per heavy atom. The van der Waals surface area contributed by atoms with Crippen molar-refractivity contribution < 1.29 is 14.4 Å². The number of benzene rings is 2. The van der Waals surface area contributed by atoms with Gasteiger partial charge in [0.1, 0.15) is 18.1 Å². The number of carbonyl (C=O) groups excluding carboxylic acids is 1. The number of rotatable bonds is 5. The first kappa shape index (κ1) is 15.3. The molecule has 2 aromatic rings. The van der Waals surface area contributed by atoms with Crippen LogP contribution in [0, 0.1) is 0 Å².